The Hall–Kier alpha value is -1.61. The molecule has 9 heteroatoms. The molecule has 2 aliphatic heterocycles. The first kappa shape index (κ1) is 20.1. The first-order valence-electron chi connectivity index (χ1n) is 9.41. The summed E-state index contributed by atoms with van der Waals surface area (Å²) >= 11 is 0. The van der Waals surface area contributed by atoms with Gasteiger partial charge in [-0.15, -0.1) is 0 Å². The van der Waals surface area contributed by atoms with Gasteiger partial charge in [-0.1, -0.05) is 0 Å². The van der Waals surface area contributed by atoms with Crippen LogP contribution in [0.4, 0.5) is 13.2 Å². The molecule has 1 aromatic heterocycles. The number of nitrogens with zero attached hydrogens (tertiary/aromatic N) is 4. The van der Waals surface area contributed by atoms with Crippen LogP contribution in [0.3, 0.4) is 0 Å². The van der Waals surface area contributed by atoms with Gasteiger partial charge in [0.2, 0.25) is 5.60 Å². The van der Waals surface area contributed by atoms with E-state index in [1.165, 1.54) is 0 Å². The highest BCUT2D eigenvalue weighted by Crippen LogP contribution is 2.35. The number of hydrogen-bond acceptors (Lipinski definition) is 4. The van der Waals surface area contributed by atoms with Gasteiger partial charge in [0.1, 0.15) is 0 Å². The minimum Gasteiger partial charge on any atom is -0.373 e. The number of carbonyl (C=O) groups is 1. The number of rotatable bonds is 3. The van der Waals surface area contributed by atoms with Crippen molar-refractivity contribution in [2.75, 3.05) is 33.2 Å². The summed E-state index contributed by atoms with van der Waals surface area (Å²) < 4.78 is 40.8. The summed E-state index contributed by atoms with van der Waals surface area (Å²) in [5.74, 6) is -1.11. The van der Waals surface area contributed by atoms with Crippen molar-refractivity contribution in [2.45, 2.75) is 56.3 Å². The molecule has 1 N–H and O–H groups in total. The molecule has 1 amide bonds. The molecular formula is C18H27F3N4O2. The highest BCUT2D eigenvalue weighted by atomic mass is 19.4. The Kier molecular flexibility index (Phi) is 5.54. The zero-order chi connectivity index (χ0) is 19.8. The SMILES string of the molecule is CN1CCC(n2nccc2C2CCN(C(=O)[C@@](C)(O)C(F)(F)F)CC2)CC1. The zero-order valence-corrected chi connectivity index (χ0v) is 15.7. The van der Waals surface area contributed by atoms with E-state index in [2.05, 4.69) is 21.7 Å². The van der Waals surface area contributed by atoms with Crippen LogP contribution >= 0.6 is 0 Å². The third-order valence-corrected chi connectivity index (χ3v) is 5.90. The summed E-state index contributed by atoms with van der Waals surface area (Å²) in [4.78, 5) is 15.6. The van der Waals surface area contributed by atoms with Gasteiger partial charge in [-0.3, -0.25) is 9.48 Å². The lowest BCUT2D eigenvalue weighted by Crippen LogP contribution is -2.57. The van der Waals surface area contributed by atoms with E-state index in [-0.39, 0.29) is 19.0 Å². The second-order valence-electron chi connectivity index (χ2n) is 7.87. The fourth-order valence-electron chi connectivity index (χ4n) is 4.00. The van der Waals surface area contributed by atoms with Crippen LogP contribution in [0.15, 0.2) is 12.3 Å². The van der Waals surface area contributed by atoms with Crippen molar-refractivity contribution < 1.29 is 23.1 Å². The summed E-state index contributed by atoms with van der Waals surface area (Å²) in [7, 11) is 2.10. The molecule has 2 aliphatic rings. The molecule has 6 nitrogen and oxygen atoms in total. The van der Waals surface area contributed by atoms with E-state index >= 15 is 0 Å². The van der Waals surface area contributed by atoms with Crippen LogP contribution in [-0.2, 0) is 4.79 Å². The van der Waals surface area contributed by atoms with Gasteiger partial charge in [0.15, 0.2) is 0 Å². The van der Waals surface area contributed by atoms with Gasteiger partial charge in [0.05, 0.1) is 6.04 Å². The number of aliphatic hydroxyl groups is 1. The first-order valence-corrected chi connectivity index (χ1v) is 9.41. The minimum atomic E-state index is -4.98. The molecule has 2 fully saturated rings. The van der Waals surface area contributed by atoms with Crippen molar-refractivity contribution in [3.05, 3.63) is 18.0 Å². The van der Waals surface area contributed by atoms with E-state index in [0.717, 1.165) is 36.5 Å². The molecule has 0 unspecified atom stereocenters. The molecule has 3 heterocycles. The molecule has 0 aliphatic carbocycles. The smallest absolute Gasteiger partial charge is 0.373 e. The number of carbonyl (C=O) groups excluding carboxylic acids is 1. The molecule has 2 saturated heterocycles. The number of amides is 1. The van der Waals surface area contributed by atoms with Crippen molar-refractivity contribution in [1.29, 1.82) is 0 Å². The van der Waals surface area contributed by atoms with Gasteiger partial charge in [-0.25, -0.2) is 0 Å². The maximum absolute atomic E-state index is 12.9. The van der Waals surface area contributed by atoms with Crippen LogP contribution in [0.2, 0.25) is 0 Å². The van der Waals surface area contributed by atoms with Gasteiger partial charge in [0, 0.05) is 30.9 Å². The third-order valence-electron chi connectivity index (χ3n) is 5.90. The number of halogens is 3. The largest absolute Gasteiger partial charge is 0.426 e. The Bertz CT molecular complexity index is 658. The molecular weight excluding hydrogens is 361 g/mol. The molecule has 1 aromatic rings. The lowest BCUT2D eigenvalue weighted by atomic mass is 9.91. The maximum Gasteiger partial charge on any atom is 0.426 e. The van der Waals surface area contributed by atoms with Crippen LogP contribution in [0, 0.1) is 0 Å². The van der Waals surface area contributed by atoms with Crippen LogP contribution in [0.25, 0.3) is 0 Å². The van der Waals surface area contributed by atoms with Crippen molar-refractivity contribution >= 4 is 5.91 Å². The van der Waals surface area contributed by atoms with Crippen LogP contribution < -0.4 is 0 Å². The Labute approximate surface area is 156 Å². The third kappa shape index (κ3) is 3.99. The van der Waals surface area contributed by atoms with Gasteiger partial charge < -0.3 is 14.9 Å². The highest BCUT2D eigenvalue weighted by Gasteiger charge is 2.57. The predicted molar refractivity (Wildman–Crippen MR) is 93.2 cm³/mol. The van der Waals surface area contributed by atoms with Crippen molar-refractivity contribution in [1.82, 2.24) is 19.6 Å². The zero-order valence-electron chi connectivity index (χ0n) is 15.7. The molecule has 1 atom stereocenters. The minimum absolute atomic E-state index is 0.159. The molecule has 152 valence electrons. The Morgan fingerprint density at radius 1 is 1.15 bits per heavy atom. The van der Waals surface area contributed by atoms with Crippen molar-refractivity contribution in [3.63, 3.8) is 0 Å². The topological polar surface area (TPSA) is 61.6 Å². The average molecular weight is 388 g/mol. The van der Waals surface area contributed by atoms with Crippen LogP contribution in [0.1, 0.15) is 50.3 Å². The monoisotopic (exact) mass is 388 g/mol. The Morgan fingerprint density at radius 3 is 2.30 bits per heavy atom. The molecule has 0 bridgehead atoms. The lowest BCUT2D eigenvalue weighted by molar-refractivity contribution is -0.250. The molecule has 3 rings (SSSR count). The fraction of sp³-hybridized carbons (Fsp3) is 0.778. The summed E-state index contributed by atoms with van der Waals surface area (Å²) in [6.45, 7) is 2.96. The van der Waals surface area contributed by atoms with Crippen LogP contribution in [0.5, 0.6) is 0 Å². The highest BCUT2D eigenvalue weighted by molar-refractivity contribution is 5.85. The van der Waals surface area contributed by atoms with Gasteiger partial charge in [-0.05, 0) is 58.8 Å². The van der Waals surface area contributed by atoms with E-state index in [1.54, 1.807) is 6.20 Å². The number of likely N-dealkylation sites (tertiary alicyclic amines) is 2. The number of aromatic nitrogens is 2. The molecule has 0 radical (unpaired) electrons. The standard InChI is InChI=1S/C18H27F3N4O2/c1-17(27,18(19,20)21)16(26)24-11-4-13(5-12-24)15-3-8-22-25(15)14-6-9-23(2)10-7-14/h3,8,13-14,27H,4-7,9-12H2,1-2H3/t17-/m1/s1. The predicted octanol–water partition coefficient (Wildman–Crippen LogP) is 2.17. The fourth-order valence-corrected chi connectivity index (χ4v) is 4.00. The maximum atomic E-state index is 12.9. The van der Waals surface area contributed by atoms with Gasteiger partial charge >= 0.3 is 6.18 Å². The van der Waals surface area contributed by atoms with Gasteiger partial charge in [-0.2, -0.15) is 18.3 Å². The first-order chi connectivity index (χ1) is 12.6. The van der Waals surface area contributed by atoms with Crippen LogP contribution in [-0.4, -0.2) is 75.6 Å². The van der Waals surface area contributed by atoms with E-state index in [4.69, 9.17) is 0 Å². The van der Waals surface area contributed by atoms with E-state index < -0.39 is 17.7 Å². The van der Waals surface area contributed by atoms with E-state index in [9.17, 15) is 23.1 Å². The van der Waals surface area contributed by atoms with Crippen molar-refractivity contribution in [3.8, 4) is 0 Å². The number of alkyl halides is 3. The summed E-state index contributed by atoms with van der Waals surface area (Å²) in [5.41, 5.74) is -2.24. The molecule has 0 saturated carbocycles. The number of hydrogen-bond donors (Lipinski definition) is 1. The van der Waals surface area contributed by atoms with E-state index in [1.807, 2.05) is 6.07 Å². The van der Waals surface area contributed by atoms with E-state index in [0.29, 0.717) is 25.8 Å². The summed E-state index contributed by atoms with van der Waals surface area (Å²) in [6.07, 6.45) is -0.0166. The quantitative estimate of drug-likeness (QED) is 0.862. The second-order valence-corrected chi connectivity index (χ2v) is 7.87. The second kappa shape index (κ2) is 7.43. The van der Waals surface area contributed by atoms with Crippen molar-refractivity contribution in [2.24, 2.45) is 0 Å². The molecule has 0 spiro atoms. The summed E-state index contributed by atoms with van der Waals surface area (Å²) in [5, 5.41) is 14.1. The normalized spacial score (nSPS) is 23.4. The Balaban J connectivity index is 1.64. The number of piperidine rings is 2. The molecule has 0 aromatic carbocycles. The summed E-state index contributed by atoms with van der Waals surface area (Å²) in [6, 6.07) is 2.32. The lowest BCUT2D eigenvalue weighted by Gasteiger charge is -2.37. The Morgan fingerprint density at radius 2 is 1.74 bits per heavy atom. The molecule has 27 heavy (non-hydrogen) atoms. The average Bonchev–Trinajstić information content (AvgIpc) is 3.10. The van der Waals surface area contributed by atoms with Gasteiger partial charge in [0.25, 0.3) is 5.91 Å².